The van der Waals surface area contributed by atoms with Crippen molar-refractivity contribution in [1.29, 1.82) is 0 Å². The highest BCUT2D eigenvalue weighted by atomic mass is 16.2. The number of anilines is 1. The van der Waals surface area contributed by atoms with Crippen molar-refractivity contribution in [2.75, 3.05) is 18.0 Å². The molecule has 1 N–H and O–H groups in total. The molecule has 0 unspecified atom stereocenters. The van der Waals surface area contributed by atoms with Gasteiger partial charge in [0.25, 0.3) is 0 Å². The smallest absolute Gasteiger partial charge is 0.228 e. The van der Waals surface area contributed by atoms with Gasteiger partial charge in [-0.25, -0.2) is 0 Å². The topological polar surface area (TPSA) is 49.4 Å². The number of hydrogen-bond acceptors (Lipinski definition) is 2. The predicted octanol–water partition coefficient (Wildman–Crippen LogP) is 3.37. The molecule has 122 valence electrons. The van der Waals surface area contributed by atoms with Crippen LogP contribution >= 0.6 is 0 Å². The van der Waals surface area contributed by atoms with Gasteiger partial charge in [-0.15, -0.1) is 0 Å². The molecule has 0 saturated carbocycles. The molecule has 0 aromatic heterocycles. The van der Waals surface area contributed by atoms with Crippen molar-refractivity contribution in [2.24, 2.45) is 5.41 Å². The van der Waals surface area contributed by atoms with Crippen LogP contribution in [0.3, 0.4) is 0 Å². The van der Waals surface area contributed by atoms with Crippen molar-refractivity contribution in [3.8, 4) is 0 Å². The lowest BCUT2D eigenvalue weighted by Gasteiger charge is -2.23. The van der Waals surface area contributed by atoms with Crippen LogP contribution in [0.1, 0.15) is 47.0 Å². The fourth-order valence-electron chi connectivity index (χ4n) is 2.01. The molecule has 0 aliphatic carbocycles. The zero-order valence-corrected chi connectivity index (χ0v) is 14.2. The molecular weight excluding hydrogens is 276 g/mol. The third-order valence-corrected chi connectivity index (χ3v) is 3.41. The Kier molecular flexibility index (Phi) is 7.09. The lowest BCUT2D eigenvalue weighted by molar-refractivity contribution is -0.128. The van der Waals surface area contributed by atoms with Gasteiger partial charge >= 0.3 is 0 Å². The number of amides is 2. The van der Waals surface area contributed by atoms with Gasteiger partial charge in [0.2, 0.25) is 11.8 Å². The molecule has 1 aromatic carbocycles. The van der Waals surface area contributed by atoms with E-state index in [1.807, 2.05) is 56.0 Å². The van der Waals surface area contributed by atoms with E-state index >= 15 is 0 Å². The van der Waals surface area contributed by atoms with Crippen molar-refractivity contribution >= 4 is 17.5 Å². The van der Waals surface area contributed by atoms with Crippen LogP contribution in [0.25, 0.3) is 0 Å². The Morgan fingerprint density at radius 2 is 1.77 bits per heavy atom. The molecule has 0 aliphatic heterocycles. The van der Waals surface area contributed by atoms with Gasteiger partial charge in [0.1, 0.15) is 0 Å². The van der Waals surface area contributed by atoms with Crippen molar-refractivity contribution in [1.82, 2.24) is 5.32 Å². The molecule has 0 saturated heterocycles. The maximum atomic E-state index is 12.5. The van der Waals surface area contributed by atoms with Crippen LogP contribution in [0.5, 0.6) is 0 Å². The van der Waals surface area contributed by atoms with E-state index in [0.717, 1.165) is 18.5 Å². The monoisotopic (exact) mass is 304 g/mol. The highest BCUT2D eigenvalue weighted by Gasteiger charge is 2.21. The summed E-state index contributed by atoms with van der Waals surface area (Å²) in [7, 11) is 0. The Morgan fingerprint density at radius 1 is 1.14 bits per heavy atom. The Labute approximate surface area is 133 Å². The summed E-state index contributed by atoms with van der Waals surface area (Å²) in [5, 5.41) is 2.83. The number of hydrogen-bond donors (Lipinski definition) is 1. The maximum Gasteiger partial charge on any atom is 0.228 e. The van der Waals surface area contributed by atoms with E-state index in [0.29, 0.717) is 19.5 Å². The van der Waals surface area contributed by atoms with Crippen LogP contribution in [-0.4, -0.2) is 24.9 Å². The summed E-state index contributed by atoms with van der Waals surface area (Å²) in [4.78, 5) is 26.1. The summed E-state index contributed by atoms with van der Waals surface area (Å²) >= 11 is 0. The van der Waals surface area contributed by atoms with Gasteiger partial charge in [-0.2, -0.15) is 0 Å². The van der Waals surface area contributed by atoms with E-state index in [4.69, 9.17) is 0 Å². The molecule has 0 atom stereocenters. The first-order chi connectivity index (χ1) is 10.4. The summed E-state index contributed by atoms with van der Waals surface area (Å²) < 4.78 is 0. The lowest BCUT2D eigenvalue weighted by Crippen LogP contribution is -2.38. The van der Waals surface area contributed by atoms with Gasteiger partial charge in [0.15, 0.2) is 0 Å². The lowest BCUT2D eigenvalue weighted by atomic mass is 9.96. The van der Waals surface area contributed by atoms with E-state index in [2.05, 4.69) is 12.2 Å². The predicted molar refractivity (Wildman–Crippen MR) is 90.8 cm³/mol. The fraction of sp³-hybridized carbons (Fsp3) is 0.556. The number of nitrogens with one attached hydrogen (secondary N) is 1. The summed E-state index contributed by atoms with van der Waals surface area (Å²) in [6, 6.07) is 9.70. The van der Waals surface area contributed by atoms with E-state index in [1.54, 1.807) is 0 Å². The Hall–Kier alpha value is -1.84. The van der Waals surface area contributed by atoms with E-state index in [1.165, 1.54) is 0 Å². The number of rotatable bonds is 7. The van der Waals surface area contributed by atoms with Crippen LogP contribution in [0.2, 0.25) is 0 Å². The van der Waals surface area contributed by atoms with Crippen LogP contribution in [0.15, 0.2) is 30.3 Å². The van der Waals surface area contributed by atoms with E-state index in [9.17, 15) is 9.59 Å². The minimum Gasteiger partial charge on any atom is -0.355 e. The summed E-state index contributed by atoms with van der Waals surface area (Å²) in [6.07, 6.45) is 2.33. The molecule has 1 rings (SSSR count). The highest BCUT2D eigenvalue weighted by Crippen LogP contribution is 2.16. The standard InChI is InChI=1S/C18H28N2O2/c1-5-6-14-20(15-10-8-7-9-11-15)16(21)12-13-19-17(22)18(2,3)4/h7-11H,5-6,12-14H2,1-4H3,(H,19,22). The van der Waals surface area contributed by atoms with Crippen LogP contribution in [-0.2, 0) is 9.59 Å². The molecule has 0 heterocycles. The number of carbonyl (C=O) groups excluding carboxylic acids is 2. The Morgan fingerprint density at radius 3 is 2.32 bits per heavy atom. The first-order valence-corrected chi connectivity index (χ1v) is 8.00. The van der Waals surface area contributed by atoms with E-state index < -0.39 is 5.41 Å². The molecule has 0 radical (unpaired) electrons. The van der Waals surface area contributed by atoms with Crippen LogP contribution in [0, 0.1) is 5.41 Å². The quantitative estimate of drug-likeness (QED) is 0.839. The minimum atomic E-state index is -0.426. The third-order valence-electron chi connectivity index (χ3n) is 3.41. The molecule has 0 spiro atoms. The first-order valence-electron chi connectivity index (χ1n) is 8.00. The van der Waals surface area contributed by atoms with Gasteiger partial charge in [0, 0.05) is 30.6 Å². The Bertz CT molecular complexity index is 478. The van der Waals surface area contributed by atoms with Gasteiger partial charge in [-0.1, -0.05) is 52.3 Å². The second kappa shape index (κ2) is 8.57. The summed E-state index contributed by atoms with van der Waals surface area (Å²) in [5.74, 6) is 0.0222. The molecular formula is C18H28N2O2. The average Bonchev–Trinajstić information content (AvgIpc) is 2.47. The van der Waals surface area contributed by atoms with Gasteiger partial charge in [0.05, 0.1) is 0 Å². The highest BCUT2D eigenvalue weighted by molar-refractivity contribution is 5.93. The molecule has 1 aromatic rings. The van der Waals surface area contributed by atoms with Crippen LogP contribution < -0.4 is 10.2 Å². The second-order valence-electron chi connectivity index (χ2n) is 6.49. The normalized spacial score (nSPS) is 11.1. The minimum absolute atomic E-state index is 0.0277. The van der Waals surface area contributed by atoms with Gasteiger partial charge in [-0.05, 0) is 18.6 Å². The molecule has 4 heteroatoms. The van der Waals surface area contributed by atoms with Crippen molar-refractivity contribution in [2.45, 2.75) is 47.0 Å². The average molecular weight is 304 g/mol. The SMILES string of the molecule is CCCCN(C(=O)CCNC(=O)C(C)(C)C)c1ccccc1. The number of unbranched alkanes of at least 4 members (excludes halogenated alkanes) is 1. The third kappa shape index (κ3) is 5.88. The van der Waals surface area contributed by atoms with Crippen molar-refractivity contribution in [3.63, 3.8) is 0 Å². The van der Waals surface area contributed by atoms with Crippen molar-refractivity contribution in [3.05, 3.63) is 30.3 Å². The zero-order valence-electron chi connectivity index (χ0n) is 14.2. The van der Waals surface area contributed by atoms with Crippen LogP contribution in [0.4, 0.5) is 5.69 Å². The molecule has 0 bridgehead atoms. The maximum absolute atomic E-state index is 12.5. The molecule has 0 aliphatic rings. The largest absolute Gasteiger partial charge is 0.355 e. The van der Waals surface area contributed by atoms with E-state index in [-0.39, 0.29) is 11.8 Å². The Balaban J connectivity index is 2.60. The number of benzene rings is 1. The zero-order chi connectivity index (χ0) is 16.6. The van der Waals surface area contributed by atoms with Gasteiger partial charge < -0.3 is 10.2 Å². The summed E-state index contributed by atoms with van der Waals surface area (Å²) in [6.45, 7) is 8.79. The number of nitrogens with zero attached hydrogens (tertiary/aromatic N) is 1. The molecule has 0 fully saturated rings. The first kappa shape index (κ1) is 18.2. The molecule has 22 heavy (non-hydrogen) atoms. The second-order valence-corrected chi connectivity index (χ2v) is 6.49. The number of para-hydroxylation sites is 1. The molecule has 2 amide bonds. The number of carbonyl (C=O) groups is 2. The summed E-state index contributed by atoms with van der Waals surface area (Å²) in [5.41, 5.74) is 0.493. The van der Waals surface area contributed by atoms with Crippen molar-refractivity contribution < 1.29 is 9.59 Å². The fourth-order valence-corrected chi connectivity index (χ4v) is 2.01. The van der Waals surface area contributed by atoms with Gasteiger partial charge in [-0.3, -0.25) is 9.59 Å². The molecule has 4 nitrogen and oxygen atoms in total.